The fourth-order valence-corrected chi connectivity index (χ4v) is 2.14. The van der Waals surface area contributed by atoms with Crippen molar-refractivity contribution in [2.24, 2.45) is 0 Å². The summed E-state index contributed by atoms with van der Waals surface area (Å²) in [5.41, 5.74) is 0. The molecule has 4 aromatic rings. The summed E-state index contributed by atoms with van der Waals surface area (Å²) in [6.45, 7) is 0. The largest absolute Gasteiger partial charge is 0.168 e. The first kappa shape index (κ1) is 23.2. The molecule has 0 aliphatic rings. The second-order valence-corrected chi connectivity index (χ2v) is 14.0. The van der Waals surface area contributed by atoms with Gasteiger partial charge in [-0.05, 0) is 0 Å². The van der Waals surface area contributed by atoms with E-state index in [0.29, 0.717) is 0 Å². The van der Waals surface area contributed by atoms with Crippen molar-refractivity contribution in [1.82, 2.24) is 0 Å². The van der Waals surface area contributed by atoms with Gasteiger partial charge in [-0.25, -0.2) is 0 Å². The van der Waals surface area contributed by atoms with Gasteiger partial charge >= 0.3 is 40.7 Å². The number of hydrogen-bond acceptors (Lipinski definition) is 0. The minimum atomic E-state index is -1.58. The van der Waals surface area contributed by atoms with Gasteiger partial charge in [0.1, 0.15) is 0 Å². The zero-order valence-electron chi connectivity index (χ0n) is 13.8. The van der Waals surface area contributed by atoms with Crippen LogP contribution in [0.25, 0.3) is 21.5 Å². The van der Waals surface area contributed by atoms with Crippen molar-refractivity contribution < 1.29 is 14.5 Å². The van der Waals surface area contributed by atoms with Gasteiger partial charge in [0.25, 0.3) is 0 Å². The first-order valence-corrected chi connectivity index (χ1v) is 13.9. The first-order valence-electron chi connectivity index (χ1n) is 6.77. The summed E-state index contributed by atoms with van der Waals surface area (Å²) in [5, 5.41) is 5.32. The van der Waals surface area contributed by atoms with Crippen molar-refractivity contribution >= 4 is 47.8 Å². The molecule has 0 N–H and O–H groups in total. The molecule has 0 amide bonds. The molecule has 0 aliphatic heterocycles. The van der Waals surface area contributed by atoms with Gasteiger partial charge in [-0.2, -0.15) is 35.0 Å². The Kier molecular flexibility index (Phi) is 12.1. The molecule has 4 aromatic carbocycles. The van der Waals surface area contributed by atoms with Crippen molar-refractivity contribution in [1.29, 1.82) is 0 Å². The predicted molar refractivity (Wildman–Crippen MR) is 109 cm³/mol. The molecule has 0 saturated heterocycles. The first-order chi connectivity index (χ1) is 10.7. The molecule has 4 rings (SSSR count). The average molecular weight is 407 g/mol. The van der Waals surface area contributed by atoms with Crippen LogP contribution in [-0.4, -0.2) is 7.63 Å². The van der Waals surface area contributed by atoms with Crippen LogP contribution in [0.3, 0.4) is 0 Å². The van der Waals surface area contributed by atoms with Gasteiger partial charge in [-0.1, -0.05) is 12.1 Å². The van der Waals surface area contributed by atoms with Gasteiger partial charge in [0.05, 0.1) is 0 Å². The topological polar surface area (TPSA) is 0 Å². The third kappa shape index (κ3) is 7.83. The molecule has 4 heteroatoms. The predicted octanol–water partition coefficient (Wildman–Crippen LogP) is 7.01. The number of fused-ring (bicyclic) bond motifs is 2. The smallest absolute Gasteiger partial charge is 0.0809 e. The zero-order chi connectivity index (χ0) is 15.8. The van der Waals surface area contributed by atoms with E-state index >= 15 is 0 Å². The number of halogens is 2. The molecule has 0 heterocycles. The molecule has 0 atom stereocenters. The van der Waals surface area contributed by atoms with Crippen molar-refractivity contribution in [3.63, 3.8) is 0 Å². The molecule has 126 valence electrons. The van der Waals surface area contributed by atoms with Crippen LogP contribution in [0.2, 0.25) is 0 Å². The zero-order valence-corrected chi connectivity index (χ0v) is 17.9. The Morgan fingerprint density at radius 1 is 0.667 bits per heavy atom. The van der Waals surface area contributed by atoms with E-state index in [1.54, 1.807) is 0 Å². The molecule has 0 nitrogen and oxygen atoms in total. The van der Waals surface area contributed by atoms with E-state index in [1.165, 1.54) is 21.5 Å². The minimum Gasteiger partial charge on any atom is -0.168 e. The maximum Gasteiger partial charge on any atom is -0.0809 e. The van der Waals surface area contributed by atoms with Crippen molar-refractivity contribution in [3.05, 3.63) is 99.8 Å². The molecule has 24 heavy (non-hydrogen) atoms. The third-order valence-corrected chi connectivity index (χ3v) is 3.10. The minimum absolute atomic E-state index is 0. The summed E-state index contributed by atoms with van der Waals surface area (Å²) in [7, 11) is 13.2. The van der Waals surface area contributed by atoms with Crippen molar-refractivity contribution in [2.75, 3.05) is 0 Å². The van der Waals surface area contributed by atoms with E-state index in [0.717, 1.165) is 0 Å². The maximum absolute atomic E-state index is 5.12. The Balaban J connectivity index is 0.000000341. The summed E-state index contributed by atoms with van der Waals surface area (Å²) in [6.07, 6.45) is 0. The Labute approximate surface area is 161 Å². The molecule has 0 fully saturated rings. The molecule has 0 saturated carbocycles. The number of hydrogen-bond donors (Lipinski definition) is 0. The van der Waals surface area contributed by atoms with Crippen LogP contribution in [0.1, 0.15) is 0 Å². The van der Waals surface area contributed by atoms with E-state index in [2.05, 4.69) is 92.6 Å². The van der Waals surface area contributed by atoms with E-state index in [4.69, 9.17) is 18.6 Å². The second-order valence-electron chi connectivity index (χ2n) is 4.57. The normalized spacial score (nSPS) is 8.75. The van der Waals surface area contributed by atoms with Crippen LogP contribution in [0.15, 0.2) is 84.9 Å². The van der Waals surface area contributed by atoms with Crippen LogP contribution in [0.5, 0.6) is 0 Å². The van der Waals surface area contributed by atoms with E-state index in [1.807, 2.05) is 0 Å². The van der Waals surface area contributed by atoms with Crippen LogP contribution >= 0.6 is 18.6 Å². The van der Waals surface area contributed by atoms with Crippen LogP contribution in [0.4, 0.5) is 0 Å². The summed E-state index contributed by atoms with van der Waals surface area (Å²) >= 11 is -1.58. The molecule has 0 aromatic heterocycles. The second kappa shape index (κ2) is 12.5. The van der Waals surface area contributed by atoms with Crippen LogP contribution < -0.4 is 0 Å². The Morgan fingerprint density at radius 3 is 1.33 bits per heavy atom. The third-order valence-electron chi connectivity index (χ3n) is 3.10. The van der Waals surface area contributed by atoms with E-state index in [9.17, 15) is 0 Å². The Morgan fingerprint density at radius 2 is 1.00 bits per heavy atom. The monoisotopic (exact) mass is 406 g/mol. The SMILES string of the molecule is [CH3-].[CH3-].[Si]=[Ti]([Cl])[Cl].c1ccc2[cH-]ccc2c1.c1ccc2[cH-]ccc2c1. The van der Waals surface area contributed by atoms with Gasteiger partial charge in [-0.3, -0.25) is 0 Å². The molecule has 0 aliphatic carbocycles. The summed E-state index contributed by atoms with van der Waals surface area (Å²) in [4.78, 5) is 0. The summed E-state index contributed by atoms with van der Waals surface area (Å²) in [6, 6.07) is 29.3. The van der Waals surface area contributed by atoms with Crippen molar-refractivity contribution in [3.8, 4) is 0 Å². The Hall–Kier alpha value is -0.829. The molecule has 0 bridgehead atoms. The maximum atomic E-state index is 5.12. The fourth-order valence-electron chi connectivity index (χ4n) is 2.14. The van der Waals surface area contributed by atoms with Gasteiger partial charge in [0.2, 0.25) is 0 Å². The quantitative estimate of drug-likeness (QED) is 0.217. The average Bonchev–Trinajstić information content (AvgIpc) is 3.16. The van der Waals surface area contributed by atoms with Gasteiger partial charge in [-0.15, -0.1) is 59.3 Å². The summed E-state index contributed by atoms with van der Waals surface area (Å²) in [5.74, 6) is 0. The van der Waals surface area contributed by atoms with Gasteiger partial charge in [0.15, 0.2) is 0 Å². The fraction of sp³-hybridized carbons (Fsp3) is 0. The Bertz CT molecular complexity index is 718. The number of rotatable bonds is 0. The van der Waals surface area contributed by atoms with Gasteiger partial charge in [0, 0.05) is 0 Å². The van der Waals surface area contributed by atoms with E-state index < -0.39 is 14.5 Å². The summed E-state index contributed by atoms with van der Waals surface area (Å²) < 4.78 is 0. The standard InChI is InChI=1S/2C9H7.2CH3.2ClH.Si.Ti/c2*1-2-5-9-7-3-6-8(9)4-1;;;;;;/h2*1-7H;2*1H3;2*1H;;/q4*-1;;;;+2/p-2. The number of benzene rings is 2. The van der Waals surface area contributed by atoms with Crippen molar-refractivity contribution in [2.45, 2.75) is 0 Å². The van der Waals surface area contributed by atoms with Gasteiger partial charge < -0.3 is 14.9 Å². The van der Waals surface area contributed by atoms with Crippen LogP contribution in [-0.2, 0) is 14.5 Å². The molecular formula is C20H20Cl2SiTi-4. The van der Waals surface area contributed by atoms with E-state index in [-0.39, 0.29) is 14.9 Å². The van der Waals surface area contributed by atoms with Crippen LogP contribution in [0, 0.1) is 14.9 Å². The molecule has 0 spiro atoms. The molecule has 0 unspecified atom stereocenters. The molecular weight excluding hydrogens is 387 g/mol. The molecule has 2 radical (unpaired) electrons.